The Hall–Kier alpha value is -2.96. The lowest BCUT2D eigenvalue weighted by Crippen LogP contribution is -2.50. The van der Waals surface area contributed by atoms with E-state index in [2.05, 4.69) is 10.6 Å². The summed E-state index contributed by atoms with van der Waals surface area (Å²) >= 11 is 0. The molecule has 1 atom stereocenters. The van der Waals surface area contributed by atoms with Gasteiger partial charge in [0.25, 0.3) is 5.91 Å². The van der Waals surface area contributed by atoms with Gasteiger partial charge in [0.2, 0.25) is 5.91 Å². The minimum absolute atomic E-state index is 0.0796. The third kappa shape index (κ3) is 5.27. The van der Waals surface area contributed by atoms with E-state index < -0.39 is 11.9 Å². The summed E-state index contributed by atoms with van der Waals surface area (Å²) in [7, 11) is 1.57. The van der Waals surface area contributed by atoms with Crippen LogP contribution in [0.5, 0.6) is 11.5 Å². The molecule has 2 aromatic rings. The number of carbonyl (C=O) groups excluding carboxylic acids is 2. The van der Waals surface area contributed by atoms with Crippen LogP contribution < -0.4 is 20.1 Å². The van der Waals surface area contributed by atoms with Crippen LogP contribution in [-0.2, 0) is 4.79 Å². The number of benzene rings is 1. The molecule has 1 aromatic carbocycles. The maximum atomic E-state index is 12.4. The third-order valence-corrected chi connectivity index (χ3v) is 3.71. The van der Waals surface area contributed by atoms with Gasteiger partial charge in [0.15, 0.2) is 17.3 Å². The van der Waals surface area contributed by atoms with Gasteiger partial charge < -0.3 is 24.5 Å². The molecule has 0 aliphatic carbocycles. The number of para-hydroxylation sites is 2. The standard InChI is InChI=1S/C19H24N2O5/c1-13(2)17(21-18(22)16-9-6-11-25-16)19(23)20-10-12-26-15-8-5-4-7-14(15)24-3/h4-9,11,13,17H,10,12H2,1-3H3,(H,20,23)(H,21,22). The highest BCUT2D eigenvalue weighted by atomic mass is 16.5. The van der Waals surface area contributed by atoms with Crippen molar-refractivity contribution < 1.29 is 23.5 Å². The summed E-state index contributed by atoms with van der Waals surface area (Å²) in [6, 6.07) is 9.78. The van der Waals surface area contributed by atoms with Crippen LogP contribution in [0.25, 0.3) is 0 Å². The Bertz CT molecular complexity index is 712. The lowest BCUT2D eigenvalue weighted by atomic mass is 10.0. The molecular formula is C19H24N2O5. The zero-order valence-electron chi connectivity index (χ0n) is 15.2. The zero-order chi connectivity index (χ0) is 18.9. The fourth-order valence-corrected chi connectivity index (χ4v) is 2.34. The van der Waals surface area contributed by atoms with Gasteiger partial charge in [0, 0.05) is 0 Å². The number of carbonyl (C=O) groups is 2. The lowest BCUT2D eigenvalue weighted by molar-refractivity contribution is -0.124. The van der Waals surface area contributed by atoms with Crippen molar-refractivity contribution in [1.82, 2.24) is 10.6 Å². The number of nitrogens with one attached hydrogen (secondary N) is 2. The molecule has 0 saturated carbocycles. The minimum atomic E-state index is -0.668. The first-order valence-corrected chi connectivity index (χ1v) is 8.40. The summed E-state index contributed by atoms with van der Waals surface area (Å²) in [5.74, 6) is 0.630. The average molecular weight is 360 g/mol. The maximum Gasteiger partial charge on any atom is 0.287 e. The van der Waals surface area contributed by atoms with Crippen molar-refractivity contribution >= 4 is 11.8 Å². The predicted molar refractivity (Wildman–Crippen MR) is 96.3 cm³/mol. The molecule has 2 N–H and O–H groups in total. The van der Waals surface area contributed by atoms with Gasteiger partial charge in [-0.1, -0.05) is 26.0 Å². The van der Waals surface area contributed by atoms with Crippen molar-refractivity contribution in [2.75, 3.05) is 20.3 Å². The SMILES string of the molecule is COc1ccccc1OCCNC(=O)C(NC(=O)c1ccco1)C(C)C. The average Bonchev–Trinajstić information content (AvgIpc) is 3.17. The minimum Gasteiger partial charge on any atom is -0.493 e. The molecule has 140 valence electrons. The molecule has 0 radical (unpaired) electrons. The molecule has 1 unspecified atom stereocenters. The van der Waals surface area contributed by atoms with Crippen molar-refractivity contribution in [1.29, 1.82) is 0 Å². The summed E-state index contributed by atoms with van der Waals surface area (Å²) in [5.41, 5.74) is 0. The van der Waals surface area contributed by atoms with Crippen molar-refractivity contribution in [3.8, 4) is 11.5 Å². The second-order valence-electron chi connectivity index (χ2n) is 5.96. The van der Waals surface area contributed by atoms with Gasteiger partial charge in [-0.3, -0.25) is 9.59 Å². The monoisotopic (exact) mass is 360 g/mol. The molecule has 0 spiro atoms. The van der Waals surface area contributed by atoms with Gasteiger partial charge >= 0.3 is 0 Å². The van der Waals surface area contributed by atoms with E-state index in [-0.39, 0.29) is 24.2 Å². The number of amides is 2. The smallest absolute Gasteiger partial charge is 0.287 e. The molecule has 1 heterocycles. The molecule has 2 rings (SSSR count). The van der Waals surface area contributed by atoms with Crippen LogP contribution in [0.3, 0.4) is 0 Å². The Kier molecular flexibility index (Phi) is 7.08. The van der Waals surface area contributed by atoms with Crippen molar-refractivity contribution in [2.24, 2.45) is 5.92 Å². The van der Waals surface area contributed by atoms with Crippen LogP contribution >= 0.6 is 0 Å². The van der Waals surface area contributed by atoms with Crippen LogP contribution in [0.4, 0.5) is 0 Å². The summed E-state index contributed by atoms with van der Waals surface area (Å²) in [6.45, 7) is 4.30. The number of hydrogen-bond donors (Lipinski definition) is 2. The number of hydrogen-bond acceptors (Lipinski definition) is 5. The van der Waals surface area contributed by atoms with Gasteiger partial charge in [-0.15, -0.1) is 0 Å². The van der Waals surface area contributed by atoms with E-state index >= 15 is 0 Å². The quantitative estimate of drug-likeness (QED) is 0.670. The number of rotatable bonds is 9. The molecule has 0 bridgehead atoms. The summed E-state index contributed by atoms with van der Waals surface area (Å²) in [5, 5.41) is 5.46. The normalized spacial score (nSPS) is 11.7. The molecule has 0 saturated heterocycles. The third-order valence-electron chi connectivity index (χ3n) is 3.71. The molecule has 1 aromatic heterocycles. The summed E-state index contributed by atoms with van der Waals surface area (Å²) in [4.78, 5) is 24.5. The Morgan fingerprint density at radius 3 is 2.46 bits per heavy atom. The first-order chi connectivity index (χ1) is 12.5. The molecule has 0 fully saturated rings. The van der Waals surface area contributed by atoms with Crippen LogP contribution in [0.15, 0.2) is 47.1 Å². The second kappa shape index (κ2) is 9.50. The first kappa shape index (κ1) is 19.4. The second-order valence-corrected chi connectivity index (χ2v) is 5.96. The molecule has 0 aliphatic rings. The van der Waals surface area contributed by atoms with Crippen LogP contribution in [0, 0.1) is 5.92 Å². The van der Waals surface area contributed by atoms with E-state index in [9.17, 15) is 9.59 Å². The van der Waals surface area contributed by atoms with E-state index in [1.807, 2.05) is 26.0 Å². The zero-order valence-corrected chi connectivity index (χ0v) is 15.2. The highest BCUT2D eigenvalue weighted by Gasteiger charge is 2.25. The topological polar surface area (TPSA) is 89.8 Å². The Morgan fingerprint density at radius 2 is 1.85 bits per heavy atom. The van der Waals surface area contributed by atoms with Crippen LogP contribution in [-0.4, -0.2) is 38.1 Å². The largest absolute Gasteiger partial charge is 0.493 e. The Morgan fingerprint density at radius 1 is 1.12 bits per heavy atom. The highest BCUT2D eigenvalue weighted by Crippen LogP contribution is 2.25. The molecular weight excluding hydrogens is 336 g/mol. The van der Waals surface area contributed by atoms with Crippen molar-refractivity contribution in [2.45, 2.75) is 19.9 Å². The maximum absolute atomic E-state index is 12.4. The molecule has 26 heavy (non-hydrogen) atoms. The molecule has 0 aliphatic heterocycles. The van der Waals surface area contributed by atoms with Gasteiger partial charge in [-0.05, 0) is 30.2 Å². The van der Waals surface area contributed by atoms with Crippen LogP contribution in [0.2, 0.25) is 0 Å². The van der Waals surface area contributed by atoms with Gasteiger partial charge in [0.05, 0.1) is 19.9 Å². The Balaban J connectivity index is 1.83. The van der Waals surface area contributed by atoms with E-state index in [0.717, 1.165) is 0 Å². The molecule has 7 nitrogen and oxygen atoms in total. The number of furan rings is 1. The van der Waals surface area contributed by atoms with Gasteiger partial charge in [-0.25, -0.2) is 0 Å². The fraction of sp³-hybridized carbons (Fsp3) is 0.368. The van der Waals surface area contributed by atoms with E-state index in [1.54, 1.807) is 31.4 Å². The lowest BCUT2D eigenvalue weighted by Gasteiger charge is -2.21. The molecule has 2 amide bonds. The van der Waals surface area contributed by atoms with Gasteiger partial charge in [-0.2, -0.15) is 0 Å². The van der Waals surface area contributed by atoms with Gasteiger partial charge in [0.1, 0.15) is 12.6 Å². The van der Waals surface area contributed by atoms with E-state index in [0.29, 0.717) is 18.0 Å². The van der Waals surface area contributed by atoms with Crippen LogP contribution in [0.1, 0.15) is 24.4 Å². The van der Waals surface area contributed by atoms with E-state index in [4.69, 9.17) is 13.9 Å². The van der Waals surface area contributed by atoms with E-state index in [1.165, 1.54) is 6.26 Å². The van der Waals surface area contributed by atoms with Crippen molar-refractivity contribution in [3.63, 3.8) is 0 Å². The fourth-order valence-electron chi connectivity index (χ4n) is 2.34. The predicted octanol–water partition coefficient (Wildman–Crippen LogP) is 2.24. The number of ether oxygens (including phenoxy) is 2. The Labute approximate surface area is 152 Å². The molecule has 7 heteroatoms. The highest BCUT2D eigenvalue weighted by molar-refractivity contribution is 5.95. The summed E-state index contributed by atoms with van der Waals surface area (Å²) in [6.07, 6.45) is 1.41. The van der Waals surface area contributed by atoms with Crippen molar-refractivity contribution in [3.05, 3.63) is 48.4 Å². The first-order valence-electron chi connectivity index (χ1n) is 8.40. The number of methoxy groups -OCH3 is 1. The summed E-state index contributed by atoms with van der Waals surface area (Å²) < 4.78 is 15.9.